The van der Waals surface area contributed by atoms with E-state index in [1.807, 2.05) is 0 Å². The molecule has 0 saturated carbocycles. The van der Waals surface area contributed by atoms with E-state index in [9.17, 15) is 0 Å². The van der Waals surface area contributed by atoms with Crippen LogP contribution in [0.15, 0.2) is 0 Å². The minimum absolute atomic E-state index is 0.685. The second-order valence-corrected chi connectivity index (χ2v) is 3.31. The zero-order valence-corrected chi connectivity index (χ0v) is 7.69. The Bertz CT molecular complexity index is 56.4. The highest BCUT2D eigenvalue weighted by Crippen LogP contribution is 2.20. The quantitative estimate of drug-likeness (QED) is 0.548. The van der Waals surface area contributed by atoms with E-state index in [-0.39, 0.29) is 0 Å². The largest absolute Gasteiger partial charge is 0.0654 e. The maximum absolute atomic E-state index is 4.15. The van der Waals surface area contributed by atoms with Crippen LogP contribution < -0.4 is 0 Å². The van der Waals surface area contributed by atoms with Gasteiger partial charge in [-0.05, 0) is 18.8 Å². The van der Waals surface area contributed by atoms with E-state index in [4.69, 9.17) is 0 Å². The molecule has 0 aliphatic heterocycles. The molecule has 0 nitrogen and oxygen atoms in total. The Kier molecular flexibility index (Phi) is 5.76. The molecule has 10 heavy (non-hydrogen) atoms. The Morgan fingerprint density at radius 2 is 1.60 bits per heavy atom. The van der Waals surface area contributed by atoms with Crippen LogP contribution in [-0.4, -0.2) is 0 Å². The van der Waals surface area contributed by atoms with Crippen LogP contribution in [0.4, 0.5) is 0 Å². The fourth-order valence-electron chi connectivity index (χ4n) is 1.35. The van der Waals surface area contributed by atoms with Crippen LogP contribution in [-0.2, 0) is 0 Å². The number of hydrogen-bond donors (Lipinski definition) is 0. The van der Waals surface area contributed by atoms with Gasteiger partial charge < -0.3 is 0 Å². The third-order valence-corrected chi connectivity index (χ3v) is 2.21. The molecule has 0 heterocycles. The van der Waals surface area contributed by atoms with E-state index in [1.165, 1.54) is 25.7 Å². The molecule has 0 rings (SSSR count). The normalized spacial score (nSPS) is 16.8. The second kappa shape index (κ2) is 5.76. The Hall–Kier alpha value is 0. The average Bonchev–Trinajstić information content (AvgIpc) is 1.89. The highest BCUT2D eigenvalue weighted by Gasteiger charge is 2.09. The summed E-state index contributed by atoms with van der Waals surface area (Å²) < 4.78 is 0. The average molecular weight is 141 g/mol. The van der Waals surface area contributed by atoms with E-state index in [0.717, 1.165) is 5.92 Å². The van der Waals surface area contributed by atoms with E-state index in [0.29, 0.717) is 5.92 Å². The number of rotatable bonds is 5. The fourth-order valence-corrected chi connectivity index (χ4v) is 1.35. The number of hydrogen-bond acceptors (Lipinski definition) is 0. The third-order valence-electron chi connectivity index (χ3n) is 2.21. The molecule has 0 bridgehead atoms. The van der Waals surface area contributed by atoms with Gasteiger partial charge in [0.25, 0.3) is 0 Å². The van der Waals surface area contributed by atoms with Gasteiger partial charge in [-0.25, -0.2) is 0 Å². The lowest BCUT2D eigenvalue weighted by Crippen LogP contribution is -2.07. The fraction of sp³-hybridized carbons (Fsp3) is 0.900. The van der Waals surface area contributed by atoms with Gasteiger partial charge in [-0.3, -0.25) is 0 Å². The summed E-state index contributed by atoms with van der Waals surface area (Å²) in [5.41, 5.74) is 0. The molecule has 0 heteroatoms. The molecule has 0 spiro atoms. The molecule has 2 unspecified atom stereocenters. The Balaban J connectivity index is 3.38. The predicted molar refractivity (Wildman–Crippen MR) is 47.8 cm³/mol. The highest BCUT2D eigenvalue weighted by molar-refractivity contribution is 4.67. The monoisotopic (exact) mass is 141 g/mol. The lowest BCUT2D eigenvalue weighted by Gasteiger charge is -2.17. The first-order valence-electron chi connectivity index (χ1n) is 4.55. The summed E-state index contributed by atoms with van der Waals surface area (Å²) in [6.07, 6.45) is 5.22. The summed E-state index contributed by atoms with van der Waals surface area (Å²) in [6.45, 7) is 10.9. The van der Waals surface area contributed by atoms with E-state index in [1.54, 1.807) is 0 Å². The smallest absolute Gasteiger partial charge is 0.0388 e. The zero-order chi connectivity index (χ0) is 7.98. The predicted octanol–water partition coefficient (Wildman–Crippen LogP) is 3.67. The van der Waals surface area contributed by atoms with Gasteiger partial charge in [-0.1, -0.05) is 46.5 Å². The lowest BCUT2D eigenvalue weighted by molar-refractivity contribution is 0.371. The Morgan fingerprint density at radius 1 is 1.10 bits per heavy atom. The van der Waals surface area contributed by atoms with Crippen LogP contribution in [0, 0.1) is 18.8 Å². The highest BCUT2D eigenvalue weighted by atomic mass is 14.1. The Labute approximate surface area is 66.0 Å². The molecule has 0 aromatic heterocycles. The van der Waals surface area contributed by atoms with Crippen molar-refractivity contribution in [2.75, 3.05) is 0 Å². The summed E-state index contributed by atoms with van der Waals surface area (Å²) >= 11 is 0. The summed E-state index contributed by atoms with van der Waals surface area (Å²) in [7, 11) is 0. The maximum atomic E-state index is 4.15. The molecular weight excluding hydrogens is 120 g/mol. The van der Waals surface area contributed by atoms with Crippen molar-refractivity contribution in [3.63, 3.8) is 0 Å². The molecule has 0 aromatic rings. The summed E-state index contributed by atoms with van der Waals surface area (Å²) in [6, 6.07) is 0. The molecular formula is C10H21. The molecule has 0 fully saturated rings. The molecule has 1 radical (unpaired) electrons. The second-order valence-electron chi connectivity index (χ2n) is 3.31. The summed E-state index contributed by atoms with van der Waals surface area (Å²) in [5, 5.41) is 0. The van der Waals surface area contributed by atoms with Crippen molar-refractivity contribution in [1.29, 1.82) is 0 Å². The maximum Gasteiger partial charge on any atom is -0.0388 e. The van der Waals surface area contributed by atoms with Gasteiger partial charge in [0.15, 0.2) is 0 Å². The van der Waals surface area contributed by atoms with Crippen LogP contribution in [0.2, 0.25) is 0 Å². The van der Waals surface area contributed by atoms with Gasteiger partial charge in [-0.2, -0.15) is 0 Å². The third kappa shape index (κ3) is 3.92. The van der Waals surface area contributed by atoms with Gasteiger partial charge in [0.2, 0.25) is 0 Å². The van der Waals surface area contributed by atoms with Gasteiger partial charge in [0.05, 0.1) is 0 Å². The van der Waals surface area contributed by atoms with E-state index < -0.39 is 0 Å². The van der Waals surface area contributed by atoms with Crippen molar-refractivity contribution < 1.29 is 0 Å². The minimum atomic E-state index is 0.685. The summed E-state index contributed by atoms with van der Waals surface area (Å²) in [4.78, 5) is 0. The van der Waals surface area contributed by atoms with Gasteiger partial charge in [0, 0.05) is 0 Å². The van der Waals surface area contributed by atoms with Gasteiger partial charge in [-0.15, -0.1) is 0 Å². The minimum Gasteiger partial charge on any atom is -0.0654 e. The molecule has 2 atom stereocenters. The van der Waals surface area contributed by atoms with Gasteiger partial charge in [0.1, 0.15) is 0 Å². The van der Waals surface area contributed by atoms with Crippen molar-refractivity contribution >= 4 is 0 Å². The van der Waals surface area contributed by atoms with Crippen molar-refractivity contribution in [2.45, 2.75) is 46.5 Å². The van der Waals surface area contributed by atoms with Gasteiger partial charge >= 0.3 is 0 Å². The molecule has 0 amide bonds. The molecule has 0 saturated heterocycles. The molecule has 0 aliphatic carbocycles. The summed E-state index contributed by atoms with van der Waals surface area (Å²) in [5.74, 6) is 1.51. The standard InChI is InChI=1S/C10H21/c1-5-7-9(3)10(4)8-6-2/h9-10H,3,5-8H2,1-2,4H3. The SMILES string of the molecule is [CH2]C(CCC)C(C)CCC. The Morgan fingerprint density at radius 3 is 2.00 bits per heavy atom. The molecule has 0 aliphatic rings. The van der Waals surface area contributed by atoms with Crippen LogP contribution in [0.5, 0.6) is 0 Å². The topological polar surface area (TPSA) is 0 Å². The van der Waals surface area contributed by atoms with Crippen LogP contribution in [0.1, 0.15) is 46.5 Å². The lowest BCUT2D eigenvalue weighted by atomic mass is 9.89. The van der Waals surface area contributed by atoms with Crippen molar-refractivity contribution in [2.24, 2.45) is 11.8 Å². The van der Waals surface area contributed by atoms with Crippen molar-refractivity contribution in [1.82, 2.24) is 0 Å². The first-order valence-corrected chi connectivity index (χ1v) is 4.55. The van der Waals surface area contributed by atoms with E-state index >= 15 is 0 Å². The van der Waals surface area contributed by atoms with E-state index in [2.05, 4.69) is 27.7 Å². The van der Waals surface area contributed by atoms with Crippen molar-refractivity contribution in [3.05, 3.63) is 6.92 Å². The van der Waals surface area contributed by atoms with Crippen molar-refractivity contribution in [3.8, 4) is 0 Å². The molecule has 0 aromatic carbocycles. The first-order chi connectivity index (χ1) is 4.72. The first kappa shape index (κ1) is 10.0. The molecule has 61 valence electrons. The van der Waals surface area contributed by atoms with Crippen LogP contribution in [0.25, 0.3) is 0 Å². The van der Waals surface area contributed by atoms with Crippen LogP contribution in [0.3, 0.4) is 0 Å². The van der Waals surface area contributed by atoms with Crippen LogP contribution >= 0.6 is 0 Å². The molecule has 0 N–H and O–H groups in total. The zero-order valence-electron chi connectivity index (χ0n) is 7.69.